The van der Waals surface area contributed by atoms with Crippen molar-refractivity contribution < 1.29 is 9.53 Å². The number of ketones is 1. The van der Waals surface area contributed by atoms with Crippen LogP contribution in [0.1, 0.15) is 28.7 Å². The first-order chi connectivity index (χ1) is 8.67. The number of rotatable bonds is 4. The van der Waals surface area contributed by atoms with E-state index < -0.39 is 0 Å². The summed E-state index contributed by atoms with van der Waals surface area (Å²) in [5, 5.41) is 4.26. The van der Waals surface area contributed by atoms with E-state index >= 15 is 0 Å². The van der Waals surface area contributed by atoms with Gasteiger partial charge in [-0.2, -0.15) is 5.10 Å². The van der Waals surface area contributed by atoms with Gasteiger partial charge in [-0.25, -0.2) is 4.98 Å². The summed E-state index contributed by atoms with van der Waals surface area (Å²) in [5.41, 5.74) is 1.68. The summed E-state index contributed by atoms with van der Waals surface area (Å²) in [7, 11) is 3.32. The molecule has 0 N–H and O–H groups in total. The van der Waals surface area contributed by atoms with E-state index in [1.807, 2.05) is 6.92 Å². The number of aryl methyl sites for hydroxylation is 2. The molecule has 2 aromatic heterocycles. The van der Waals surface area contributed by atoms with Gasteiger partial charge in [-0.3, -0.25) is 9.48 Å². The number of carbonyl (C=O) groups excluding carboxylic acids is 1. The predicted octanol–water partition coefficient (Wildman–Crippen LogP) is 1.62. The quantitative estimate of drug-likeness (QED) is 0.768. The average molecular weight is 245 g/mol. The molecule has 2 aromatic rings. The van der Waals surface area contributed by atoms with Crippen molar-refractivity contribution in [3.05, 3.63) is 41.5 Å². The highest BCUT2D eigenvalue weighted by Crippen LogP contribution is 2.20. The number of pyridine rings is 1. The van der Waals surface area contributed by atoms with Crippen LogP contribution in [-0.4, -0.2) is 27.7 Å². The van der Waals surface area contributed by atoms with Crippen molar-refractivity contribution in [2.75, 3.05) is 7.11 Å². The van der Waals surface area contributed by atoms with Gasteiger partial charge in [-0.15, -0.1) is 0 Å². The van der Waals surface area contributed by atoms with Crippen molar-refractivity contribution >= 4 is 5.78 Å². The summed E-state index contributed by atoms with van der Waals surface area (Å²) in [4.78, 5) is 16.5. The fourth-order valence-electron chi connectivity index (χ4n) is 1.84. The maximum atomic E-state index is 12.4. The first kappa shape index (κ1) is 12.3. The van der Waals surface area contributed by atoms with E-state index in [0.717, 1.165) is 5.69 Å². The number of hydrogen-bond acceptors (Lipinski definition) is 4. The van der Waals surface area contributed by atoms with Crippen LogP contribution in [0.5, 0.6) is 5.75 Å². The number of carbonyl (C=O) groups is 1. The molecule has 0 bridgehead atoms. The average Bonchev–Trinajstić information content (AvgIpc) is 2.79. The minimum atomic E-state index is -0.155. The fraction of sp³-hybridized carbons (Fsp3) is 0.308. The van der Waals surface area contributed by atoms with Gasteiger partial charge in [-0.1, -0.05) is 6.92 Å². The smallest absolute Gasteiger partial charge is 0.218 e. The van der Waals surface area contributed by atoms with Crippen LogP contribution < -0.4 is 4.74 Å². The van der Waals surface area contributed by atoms with Crippen molar-refractivity contribution in [3.63, 3.8) is 0 Å². The second-order valence-corrected chi connectivity index (χ2v) is 3.90. The van der Waals surface area contributed by atoms with Gasteiger partial charge in [-0.05, 0) is 18.6 Å². The number of hydrogen-bond donors (Lipinski definition) is 0. The molecule has 0 saturated heterocycles. The van der Waals surface area contributed by atoms with Gasteiger partial charge < -0.3 is 4.74 Å². The molecular formula is C13H15N3O2. The Labute approximate surface area is 105 Å². The van der Waals surface area contributed by atoms with Crippen molar-refractivity contribution in [2.24, 2.45) is 7.05 Å². The van der Waals surface area contributed by atoms with Crippen LogP contribution in [0.25, 0.3) is 0 Å². The first-order valence-electron chi connectivity index (χ1n) is 5.73. The van der Waals surface area contributed by atoms with Crippen molar-refractivity contribution in [2.45, 2.75) is 13.3 Å². The molecule has 94 valence electrons. The van der Waals surface area contributed by atoms with E-state index in [0.29, 0.717) is 23.4 Å². The predicted molar refractivity (Wildman–Crippen MR) is 66.8 cm³/mol. The normalized spacial score (nSPS) is 10.4. The molecule has 0 spiro atoms. The van der Waals surface area contributed by atoms with E-state index in [9.17, 15) is 4.79 Å². The van der Waals surface area contributed by atoms with Crippen LogP contribution in [0.15, 0.2) is 24.5 Å². The molecule has 0 saturated carbocycles. The molecule has 0 aliphatic heterocycles. The maximum absolute atomic E-state index is 12.4. The first-order valence-corrected chi connectivity index (χ1v) is 5.73. The summed E-state index contributed by atoms with van der Waals surface area (Å²) in [5.74, 6) is 0.325. The molecule has 0 atom stereocenters. The van der Waals surface area contributed by atoms with E-state index in [2.05, 4.69) is 10.1 Å². The Morgan fingerprint density at radius 1 is 1.50 bits per heavy atom. The Kier molecular flexibility index (Phi) is 3.41. The zero-order chi connectivity index (χ0) is 13.1. The lowest BCUT2D eigenvalue weighted by molar-refractivity contribution is 0.103. The molecule has 2 heterocycles. The molecule has 0 radical (unpaired) electrons. The third-order valence-corrected chi connectivity index (χ3v) is 2.69. The Morgan fingerprint density at radius 3 is 2.94 bits per heavy atom. The number of aromatic nitrogens is 3. The van der Waals surface area contributed by atoms with Crippen LogP contribution in [0.4, 0.5) is 0 Å². The van der Waals surface area contributed by atoms with Crippen molar-refractivity contribution in [1.29, 1.82) is 0 Å². The summed E-state index contributed by atoms with van der Waals surface area (Å²) in [6.45, 7) is 1.97. The summed E-state index contributed by atoms with van der Waals surface area (Å²) >= 11 is 0. The van der Waals surface area contributed by atoms with Gasteiger partial charge in [0.15, 0.2) is 5.69 Å². The third kappa shape index (κ3) is 2.11. The lowest BCUT2D eigenvalue weighted by Gasteiger charge is -2.05. The largest absolute Gasteiger partial charge is 0.494 e. The Hall–Kier alpha value is -2.17. The maximum Gasteiger partial charge on any atom is 0.218 e. The van der Waals surface area contributed by atoms with Gasteiger partial charge in [0.25, 0.3) is 0 Å². The second kappa shape index (κ2) is 5.00. The molecule has 0 fully saturated rings. The molecular weight excluding hydrogens is 230 g/mol. The van der Waals surface area contributed by atoms with Crippen molar-refractivity contribution in [1.82, 2.24) is 14.8 Å². The minimum Gasteiger partial charge on any atom is -0.494 e. The van der Waals surface area contributed by atoms with Gasteiger partial charge >= 0.3 is 0 Å². The van der Waals surface area contributed by atoms with Crippen LogP contribution in [-0.2, 0) is 13.5 Å². The van der Waals surface area contributed by atoms with Crippen LogP contribution in [0.3, 0.4) is 0 Å². The molecule has 18 heavy (non-hydrogen) atoms. The topological polar surface area (TPSA) is 57.0 Å². The number of ether oxygens (including phenoxy) is 1. The molecule has 5 nitrogen and oxygen atoms in total. The zero-order valence-electron chi connectivity index (χ0n) is 10.7. The molecule has 0 aliphatic carbocycles. The molecule has 0 aliphatic rings. The summed E-state index contributed by atoms with van der Waals surface area (Å²) in [6.07, 6.45) is 4.00. The third-order valence-electron chi connectivity index (χ3n) is 2.69. The summed E-state index contributed by atoms with van der Waals surface area (Å²) in [6, 6.07) is 3.46. The minimum absolute atomic E-state index is 0.155. The second-order valence-electron chi connectivity index (χ2n) is 3.90. The van der Waals surface area contributed by atoms with Gasteiger partial charge in [0.05, 0.1) is 18.4 Å². The standard InChI is InChI=1S/C13H15N3O2/c1-4-10-9(8-16(2)15-10)13(17)12-11(18-3)6-5-7-14-12/h5-8H,4H2,1-3H3. The van der Waals surface area contributed by atoms with Gasteiger partial charge in [0.2, 0.25) is 5.78 Å². The number of methoxy groups -OCH3 is 1. The highest BCUT2D eigenvalue weighted by atomic mass is 16.5. The molecule has 0 amide bonds. The molecule has 2 rings (SSSR count). The Bertz CT molecular complexity index is 575. The SMILES string of the molecule is CCc1nn(C)cc1C(=O)c1ncccc1OC. The van der Waals surface area contributed by atoms with Crippen molar-refractivity contribution in [3.8, 4) is 5.75 Å². The Balaban J connectivity index is 2.47. The van der Waals surface area contributed by atoms with E-state index in [1.54, 1.807) is 36.3 Å². The molecule has 0 unspecified atom stereocenters. The van der Waals surface area contributed by atoms with E-state index in [1.165, 1.54) is 7.11 Å². The fourth-order valence-corrected chi connectivity index (χ4v) is 1.84. The van der Waals surface area contributed by atoms with Crippen LogP contribution in [0.2, 0.25) is 0 Å². The van der Waals surface area contributed by atoms with Crippen LogP contribution in [0, 0.1) is 0 Å². The summed E-state index contributed by atoms with van der Waals surface area (Å²) < 4.78 is 6.80. The van der Waals surface area contributed by atoms with Gasteiger partial charge in [0.1, 0.15) is 5.75 Å². The lowest BCUT2D eigenvalue weighted by Crippen LogP contribution is -2.07. The number of nitrogens with zero attached hydrogens (tertiary/aromatic N) is 3. The monoisotopic (exact) mass is 245 g/mol. The van der Waals surface area contributed by atoms with E-state index in [-0.39, 0.29) is 5.78 Å². The highest BCUT2D eigenvalue weighted by Gasteiger charge is 2.20. The molecule has 0 aromatic carbocycles. The Morgan fingerprint density at radius 2 is 2.28 bits per heavy atom. The van der Waals surface area contributed by atoms with E-state index in [4.69, 9.17) is 4.74 Å². The zero-order valence-corrected chi connectivity index (χ0v) is 10.7. The highest BCUT2D eigenvalue weighted by molar-refractivity contribution is 6.09. The lowest BCUT2D eigenvalue weighted by atomic mass is 10.1. The molecule has 5 heteroatoms. The van der Waals surface area contributed by atoms with Gasteiger partial charge in [0, 0.05) is 19.4 Å². The van der Waals surface area contributed by atoms with Crippen LogP contribution >= 0.6 is 0 Å².